The van der Waals surface area contributed by atoms with Crippen molar-refractivity contribution in [1.82, 2.24) is 10.7 Å². The Kier molecular flexibility index (Phi) is 7.01. The first-order valence-electron chi connectivity index (χ1n) is 5.66. The fourth-order valence-corrected chi connectivity index (χ4v) is 1.71. The van der Waals surface area contributed by atoms with Crippen molar-refractivity contribution in [2.24, 2.45) is 5.10 Å². The van der Waals surface area contributed by atoms with Crippen molar-refractivity contribution in [1.29, 1.82) is 0 Å². The second kappa shape index (κ2) is 8.29. The summed E-state index contributed by atoms with van der Waals surface area (Å²) in [6, 6.07) is 5.37. The summed E-state index contributed by atoms with van der Waals surface area (Å²) in [6.07, 6.45) is 3.78. The minimum atomic E-state index is 0.481. The SMILES string of the molecule is CCCCNC(=S)N/N=C\c1cccc(Cl)c1Cl. The molecular weight excluding hydrogens is 289 g/mol. The Labute approximate surface area is 123 Å². The van der Waals surface area contributed by atoms with Crippen molar-refractivity contribution >= 4 is 46.7 Å². The highest BCUT2D eigenvalue weighted by Gasteiger charge is 2.01. The molecule has 6 heteroatoms. The highest BCUT2D eigenvalue weighted by Crippen LogP contribution is 2.23. The van der Waals surface area contributed by atoms with Gasteiger partial charge in [-0.2, -0.15) is 5.10 Å². The lowest BCUT2D eigenvalue weighted by Gasteiger charge is -2.05. The van der Waals surface area contributed by atoms with E-state index in [9.17, 15) is 0 Å². The number of hydrazone groups is 1. The van der Waals surface area contributed by atoms with Gasteiger partial charge < -0.3 is 5.32 Å². The zero-order chi connectivity index (χ0) is 13.4. The van der Waals surface area contributed by atoms with E-state index in [-0.39, 0.29) is 0 Å². The fourth-order valence-electron chi connectivity index (χ4n) is 1.20. The summed E-state index contributed by atoms with van der Waals surface area (Å²) in [5, 5.41) is 8.53. The Bertz CT molecular complexity index is 435. The molecule has 0 heterocycles. The molecule has 0 unspecified atom stereocenters. The lowest BCUT2D eigenvalue weighted by atomic mass is 10.2. The molecule has 0 aliphatic heterocycles. The Morgan fingerprint density at radius 3 is 2.94 bits per heavy atom. The Hall–Kier alpha value is -0.840. The highest BCUT2D eigenvalue weighted by molar-refractivity contribution is 7.80. The molecule has 0 aliphatic carbocycles. The third-order valence-corrected chi connectivity index (χ3v) is 3.24. The van der Waals surface area contributed by atoms with E-state index in [1.165, 1.54) is 0 Å². The summed E-state index contributed by atoms with van der Waals surface area (Å²) in [6.45, 7) is 2.97. The Morgan fingerprint density at radius 1 is 1.44 bits per heavy atom. The minimum absolute atomic E-state index is 0.481. The first kappa shape index (κ1) is 15.2. The number of benzene rings is 1. The van der Waals surface area contributed by atoms with Crippen molar-refractivity contribution in [2.75, 3.05) is 6.54 Å². The van der Waals surface area contributed by atoms with Crippen LogP contribution >= 0.6 is 35.4 Å². The first-order valence-corrected chi connectivity index (χ1v) is 6.82. The zero-order valence-corrected chi connectivity index (χ0v) is 12.4. The van der Waals surface area contributed by atoms with E-state index in [1.54, 1.807) is 12.3 Å². The first-order chi connectivity index (χ1) is 8.65. The van der Waals surface area contributed by atoms with Gasteiger partial charge in [-0.05, 0) is 24.7 Å². The van der Waals surface area contributed by atoms with Gasteiger partial charge in [0.25, 0.3) is 0 Å². The summed E-state index contributed by atoms with van der Waals surface area (Å²) in [4.78, 5) is 0. The van der Waals surface area contributed by atoms with Crippen LogP contribution in [0.1, 0.15) is 25.3 Å². The van der Waals surface area contributed by atoms with Crippen LogP contribution in [-0.2, 0) is 0 Å². The summed E-state index contributed by atoms with van der Waals surface area (Å²) in [5.74, 6) is 0. The number of hydrogen-bond donors (Lipinski definition) is 2. The maximum Gasteiger partial charge on any atom is 0.186 e. The average molecular weight is 304 g/mol. The summed E-state index contributed by atoms with van der Waals surface area (Å²) in [7, 11) is 0. The standard InChI is InChI=1S/C12H15Cl2N3S/c1-2-3-7-15-12(18)17-16-8-9-5-4-6-10(13)11(9)14/h4-6,8H,2-3,7H2,1H3,(H2,15,17,18)/b16-8-. The molecule has 1 aromatic carbocycles. The molecule has 0 aliphatic rings. The topological polar surface area (TPSA) is 36.4 Å². The van der Waals surface area contributed by atoms with E-state index in [0.29, 0.717) is 15.2 Å². The van der Waals surface area contributed by atoms with Crippen LogP contribution in [0, 0.1) is 0 Å². The monoisotopic (exact) mass is 303 g/mol. The van der Waals surface area contributed by atoms with Crippen molar-refractivity contribution in [3.63, 3.8) is 0 Å². The van der Waals surface area contributed by atoms with E-state index in [2.05, 4.69) is 22.8 Å². The van der Waals surface area contributed by atoms with Crippen molar-refractivity contribution < 1.29 is 0 Å². The van der Waals surface area contributed by atoms with E-state index >= 15 is 0 Å². The molecule has 0 fully saturated rings. The molecule has 0 atom stereocenters. The van der Waals surface area contributed by atoms with Gasteiger partial charge in [-0.1, -0.05) is 48.7 Å². The second-order valence-electron chi connectivity index (χ2n) is 3.62. The lowest BCUT2D eigenvalue weighted by Crippen LogP contribution is -2.32. The molecule has 3 nitrogen and oxygen atoms in total. The zero-order valence-electron chi connectivity index (χ0n) is 10.0. The van der Waals surface area contributed by atoms with Crippen LogP contribution in [-0.4, -0.2) is 17.9 Å². The quantitative estimate of drug-likeness (QED) is 0.378. The summed E-state index contributed by atoms with van der Waals surface area (Å²) in [5.41, 5.74) is 3.47. The maximum atomic E-state index is 6.01. The normalized spacial score (nSPS) is 10.6. The third kappa shape index (κ3) is 5.21. The van der Waals surface area contributed by atoms with Crippen molar-refractivity contribution in [3.8, 4) is 0 Å². The second-order valence-corrected chi connectivity index (χ2v) is 4.82. The molecule has 2 N–H and O–H groups in total. The molecule has 98 valence electrons. The van der Waals surface area contributed by atoms with Crippen LogP contribution in [0.2, 0.25) is 10.0 Å². The van der Waals surface area contributed by atoms with Crippen molar-refractivity contribution in [2.45, 2.75) is 19.8 Å². The van der Waals surface area contributed by atoms with Crippen LogP contribution in [0.4, 0.5) is 0 Å². The molecule has 0 spiro atoms. The average Bonchev–Trinajstić information content (AvgIpc) is 2.35. The maximum absolute atomic E-state index is 6.01. The van der Waals surface area contributed by atoms with Crippen molar-refractivity contribution in [3.05, 3.63) is 33.8 Å². The van der Waals surface area contributed by atoms with E-state index in [4.69, 9.17) is 35.4 Å². The van der Waals surface area contributed by atoms with Gasteiger partial charge in [0.15, 0.2) is 5.11 Å². The predicted octanol–water partition coefficient (Wildman–Crippen LogP) is 3.59. The lowest BCUT2D eigenvalue weighted by molar-refractivity contribution is 0.745. The van der Waals surface area contributed by atoms with Gasteiger partial charge >= 0.3 is 0 Å². The molecule has 0 saturated heterocycles. The third-order valence-electron chi connectivity index (χ3n) is 2.17. The van der Waals surface area contributed by atoms with Gasteiger partial charge in [-0.3, -0.25) is 5.43 Å². The molecule has 18 heavy (non-hydrogen) atoms. The van der Waals surface area contributed by atoms with Gasteiger partial charge in [0.1, 0.15) is 0 Å². The number of unbranched alkanes of at least 4 members (excludes halogenated alkanes) is 1. The van der Waals surface area contributed by atoms with Gasteiger partial charge in [0.05, 0.1) is 16.3 Å². The summed E-state index contributed by atoms with van der Waals surface area (Å²) < 4.78 is 0. The molecule has 1 aromatic rings. The number of thiocarbonyl (C=S) groups is 1. The molecular formula is C12H15Cl2N3S. The fraction of sp³-hybridized carbons (Fsp3) is 0.333. The number of rotatable bonds is 5. The Morgan fingerprint density at radius 2 is 2.22 bits per heavy atom. The number of nitrogens with one attached hydrogen (secondary N) is 2. The molecule has 0 bridgehead atoms. The van der Waals surface area contributed by atoms with E-state index in [1.807, 2.05) is 12.1 Å². The van der Waals surface area contributed by atoms with Crippen LogP contribution in [0.15, 0.2) is 23.3 Å². The largest absolute Gasteiger partial charge is 0.361 e. The van der Waals surface area contributed by atoms with Crippen LogP contribution in [0.5, 0.6) is 0 Å². The summed E-state index contributed by atoms with van der Waals surface area (Å²) >= 11 is 16.9. The number of halogens is 2. The van der Waals surface area contributed by atoms with Crippen LogP contribution < -0.4 is 10.7 Å². The smallest absolute Gasteiger partial charge is 0.186 e. The van der Waals surface area contributed by atoms with E-state index < -0.39 is 0 Å². The molecule has 0 saturated carbocycles. The predicted molar refractivity (Wildman–Crippen MR) is 82.7 cm³/mol. The van der Waals surface area contributed by atoms with E-state index in [0.717, 1.165) is 24.9 Å². The minimum Gasteiger partial charge on any atom is -0.361 e. The highest BCUT2D eigenvalue weighted by atomic mass is 35.5. The molecule has 0 aromatic heterocycles. The number of nitrogens with zero attached hydrogens (tertiary/aromatic N) is 1. The van der Waals surface area contributed by atoms with Crippen LogP contribution in [0.25, 0.3) is 0 Å². The van der Waals surface area contributed by atoms with Crippen LogP contribution in [0.3, 0.4) is 0 Å². The van der Waals surface area contributed by atoms with Gasteiger partial charge in [-0.15, -0.1) is 0 Å². The van der Waals surface area contributed by atoms with Gasteiger partial charge in [-0.25, -0.2) is 0 Å². The van der Waals surface area contributed by atoms with Gasteiger partial charge in [0.2, 0.25) is 0 Å². The number of hydrogen-bond acceptors (Lipinski definition) is 2. The Balaban J connectivity index is 2.45. The molecule has 0 amide bonds. The molecule has 1 rings (SSSR count). The molecule has 0 radical (unpaired) electrons. The van der Waals surface area contributed by atoms with Gasteiger partial charge in [0, 0.05) is 12.1 Å².